The molecule has 4 heterocycles. The summed E-state index contributed by atoms with van der Waals surface area (Å²) in [6.07, 6.45) is -3.01. The molecule has 0 aliphatic carbocycles. The molecule has 0 bridgehead atoms. The highest BCUT2D eigenvalue weighted by atomic mass is 19.4. The van der Waals surface area contributed by atoms with E-state index in [1.807, 2.05) is 4.90 Å². The van der Waals surface area contributed by atoms with Gasteiger partial charge in [-0.25, -0.2) is 13.2 Å². The molecule has 0 amide bonds. The third-order valence-corrected chi connectivity index (χ3v) is 7.64. The quantitative estimate of drug-likeness (QED) is 0.248. The Hall–Kier alpha value is -3.87. The zero-order valence-electron chi connectivity index (χ0n) is 21.8. The van der Waals surface area contributed by atoms with Crippen molar-refractivity contribution in [1.29, 1.82) is 0 Å². The second-order valence-electron chi connectivity index (χ2n) is 10.3. The smallest absolute Gasteiger partial charge is 0.422 e. The number of aromatic nitrogens is 3. The Morgan fingerprint density at radius 1 is 1.07 bits per heavy atom. The molecule has 2 aromatic heterocycles. The fourth-order valence-corrected chi connectivity index (χ4v) is 5.83. The molecule has 2 aliphatic heterocycles. The number of halogens is 6. The van der Waals surface area contributed by atoms with Crippen molar-refractivity contribution in [3.05, 3.63) is 48.2 Å². The summed E-state index contributed by atoms with van der Waals surface area (Å²) in [5.41, 5.74) is -1.74. The van der Waals surface area contributed by atoms with Crippen LogP contribution < -0.4 is 14.2 Å². The summed E-state index contributed by atoms with van der Waals surface area (Å²) in [6, 6.07) is 7.64. The molecular weight excluding hydrogens is 554 g/mol. The molecule has 2 aromatic carbocycles. The summed E-state index contributed by atoms with van der Waals surface area (Å²) in [6.45, 7) is -0.817. The van der Waals surface area contributed by atoms with E-state index in [2.05, 4.69) is 15.0 Å². The van der Waals surface area contributed by atoms with Crippen molar-refractivity contribution >= 4 is 21.7 Å². The summed E-state index contributed by atoms with van der Waals surface area (Å²) in [5, 5.41) is 0.616. The number of rotatable bonds is 7. The first-order chi connectivity index (χ1) is 19.6. The number of ether oxygens (including phenoxy) is 3. The van der Waals surface area contributed by atoms with Gasteiger partial charge in [0.05, 0.1) is 23.6 Å². The summed E-state index contributed by atoms with van der Waals surface area (Å²) in [7, 11) is 1.27. The molecule has 4 aromatic rings. The molecule has 7 nitrogen and oxygen atoms in total. The highest BCUT2D eigenvalue weighted by Gasteiger charge is 2.49. The van der Waals surface area contributed by atoms with Crippen molar-refractivity contribution in [3.63, 3.8) is 0 Å². The SMILES string of the molecule is COc1cc2ccccc2c(-c2ncc3c(OCC(F)(F)F)nc(OC[C@@]45CCCN4C[C@H](F)C5)nc3c2F)c1F. The standard InChI is InChI=1S/C28H24F6N4O3/c1-39-19-9-15-5-2-3-6-17(15)20(21(19)30)24-22(31)23-18(11-35-24)25(40-14-28(32,33)34)37-26(36-23)41-13-27-7-4-8-38(27)12-16(29)10-27/h2-3,5-6,9,11,16H,4,7-8,10,12-14H2,1H3/t16-,27+/m1/s1. The average Bonchev–Trinajstić information content (AvgIpc) is 3.46. The van der Waals surface area contributed by atoms with E-state index in [9.17, 15) is 17.6 Å². The minimum Gasteiger partial charge on any atom is -0.494 e. The van der Waals surface area contributed by atoms with Crippen LogP contribution in [-0.4, -0.2) is 71.2 Å². The van der Waals surface area contributed by atoms with Gasteiger partial charge in [0.25, 0.3) is 0 Å². The van der Waals surface area contributed by atoms with Gasteiger partial charge in [0.1, 0.15) is 24.0 Å². The van der Waals surface area contributed by atoms with Crippen LogP contribution in [0, 0.1) is 11.6 Å². The van der Waals surface area contributed by atoms with Crippen molar-refractivity contribution in [1.82, 2.24) is 19.9 Å². The number of methoxy groups -OCH3 is 1. The molecular formula is C28H24F6N4O3. The normalized spacial score (nSPS) is 21.0. The molecule has 6 rings (SSSR count). The zero-order chi connectivity index (χ0) is 28.9. The van der Waals surface area contributed by atoms with Gasteiger partial charge < -0.3 is 14.2 Å². The molecule has 0 radical (unpaired) electrons. The van der Waals surface area contributed by atoms with Crippen LogP contribution in [0.15, 0.2) is 36.5 Å². The van der Waals surface area contributed by atoms with E-state index in [4.69, 9.17) is 14.2 Å². The first-order valence-electron chi connectivity index (χ1n) is 12.9. The number of fused-ring (bicyclic) bond motifs is 3. The zero-order valence-corrected chi connectivity index (χ0v) is 21.8. The van der Waals surface area contributed by atoms with E-state index in [1.54, 1.807) is 24.3 Å². The van der Waals surface area contributed by atoms with Crippen molar-refractivity contribution in [2.45, 2.75) is 37.1 Å². The molecule has 0 N–H and O–H groups in total. The Morgan fingerprint density at radius 3 is 2.66 bits per heavy atom. The van der Waals surface area contributed by atoms with Crippen LogP contribution in [0.3, 0.4) is 0 Å². The van der Waals surface area contributed by atoms with Crippen LogP contribution in [0.25, 0.3) is 32.9 Å². The van der Waals surface area contributed by atoms with Crippen LogP contribution in [0.2, 0.25) is 0 Å². The number of hydrogen-bond acceptors (Lipinski definition) is 7. The van der Waals surface area contributed by atoms with Gasteiger partial charge >= 0.3 is 12.2 Å². The van der Waals surface area contributed by atoms with E-state index in [0.717, 1.165) is 12.6 Å². The number of hydrogen-bond donors (Lipinski definition) is 0. The first-order valence-corrected chi connectivity index (χ1v) is 12.9. The maximum atomic E-state index is 16.2. The first kappa shape index (κ1) is 27.3. The fourth-order valence-electron chi connectivity index (χ4n) is 5.83. The fraction of sp³-hybridized carbons (Fsp3) is 0.393. The summed E-state index contributed by atoms with van der Waals surface area (Å²) >= 11 is 0. The molecule has 2 aliphatic rings. The second kappa shape index (κ2) is 10.2. The maximum absolute atomic E-state index is 16.2. The molecule has 41 heavy (non-hydrogen) atoms. The van der Waals surface area contributed by atoms with Gasteiger partial charge in [-0.05, 0) is 36.2 Å². The molecule has 13 heteroatoms. The Morgan fingerprint density at radius 2 is 1.88 bits per heavy atom. The Labute approximate surface area is 230 Å². The van der Waals surface area contributed by atoms with Crippen LogP contribution in [-0.2, 0) is 0 Å². The van der Waals surface area contributed by atoms with Crippen molar-refractivity contribution in [2.24, 2.45) is 0 Å². The predicted molar refractivity (Wildman–Crippen MR) is 137 cm³/mol. The molecule has 0 saturated carbocycles. The molecule has 0 unspecified atom stereocenters. The lowest BCUT2D eigenvalue weighted by Crippen LogP contribution is -2.43. The van der Waals surface area contributed by atoms with Gasteiger partial charge in [0, 0.05) is 19.2 Å². The summed E-state index contributed by atoms with van der Waals surface area (Å²) in [5.74, 6) is -2.75. The lowest BCUT2D eigenvalue weighted by molar-refractivity contribution is -0.153. The highest BCUT2D eigenvalue weighted by Crippen LogP contribution is 2.42. The van der Waals surface area contributed by atoms with E-state index < -0.39 is 59.2 Å². The van der Waals surface area contributed by atoms with Crippen molar-refractivity contribution in [2.75, 3.05) is 33.4 Å². The van der Waals surface area contributed by atoms with Crippen LogP contribution in [0.5, 0.6) is 17.6 Å². The summed E-state index contributed by atoms with van der Waals surface area (Å²) < 4.78 is 101. The minimum absolute atomic E-state index is 0.0493. The third-order valence-electron chi connectivity index (χ3n) is 7.64. The monoisotopic (exact) mass is 578 g/mol. The largest absolute Gasteiger partial charge is 0.494 e. The van der Waals surface area contributed by atoms with Crippen LogP contribution >= 0.6 is 0 Å². The van der Waals surface area contributed by atoms with Gasteiger partial charge in [-0.1, -0.05) is 24.3 Å². The Kier molecular flexibility index (Phi) is 6.79. The van der Waals surface area contributed by atoms with Crippen LogP contribution in [0.1, 0.15) is 19.3 Å². The van der Waals surface area contributed by atoms with Gasteiger partial charge in [-0.3, -0.25) is 9.88 Å². The van der Waals surface area contributed by atoms with Gasteiger partial charge in [0.15, 0.2) is 24.0 Å². The summed E-state index contributed by atoms with van der Waals surface area (Å²) in [4.78, 5) is 14.1. The number of benzene rings is 2. The topological polar surface area (TPSA) is 69.6 Å². The molecule has 2 saturated heterocycles. The van der Waals surface area contributed by atoms with E-state index >= 15 is 8.78 Å². The lowest BCUT2D eigenvalue weighted by Gasteiger charge is -2.30. The average molecular weight is 579 g/mol. The Balaban J connectivity index is 1.47. The van der Waals surface area contributed by atoms with Gasteiger partial charge in [-0.15, -0.1) is 0 Å². The third kappa shape index (κ3) is 4.96. The molecule has 2 atom stereocenters. The minimum atomic E-state index is -4.71. The van der Waals surface area contributed by atoms with Crippen molar-refractivity contribution < 1.29 is 40.6 Å². The maximum Gasteiger partial charge on any atom is 0.422 e. The van der Waals surface area contributed by atoms with E-state index in [1.165, 1.54) is 13.2 Å². The second-order valence-corrected chi connectivity index (χ2v) is 10.3. The number of alkyl halides is 4. The van der Waals surface area contributed by atoms with E-state index in [-0.39, 0.29) is 36.3 Å². The predicted octanol–water partition coefficient (Wildman–Crippen LogP) is 6.03. The van der Waals surface area contributed by atoms with E-state index in [0.29, 0.717) is 23.7 Å². The van der Waals surface area contributed by atoms with Crippen LogP contribution in [0.4, 0.5) is 26.3 Å². The van der Waals surface area contributed by atoms with Gasteiger partial charge in [0.2, 0.25) is 5.88 Å². The molecule has 216 valence electrons. The number of pyridine rings is 1. The lowest BCUT2D eigenvalue weighted by atomic mass is 9.95. The molecule has 0 spiro atoms. The van der Waals surface area contributed by atoms with Crippen molar-refractivity contribution in [3.8, 4) is 28.9 Å². The molecule has 2 fully saturated rings. The Bertz CT molecular complexity index is 1630. The highest BCUT2D eigenvalue weighted by molar-refractivity contribution is 5.99. The van der Waals surface area contributed by atoms with Gasteiger partial charge in [-0.2, -0.15) is 23.1 Å². The number of nitrogens with zero attached hydrogens (tertiary/aromatic N) is 4.